The Labute approximate surface area is 87.7 Å². The number of carboxylic acids is 1. The Bertz CT molecular complexity index is 171. The standard InChI is InChI=1S/C12H24O2/c1-5-9-10(6-2)12(7-3,8-4)11(13)14/h10H,5-9H2,1-4H3,(H,13,14)/p-1. The van der Waals surface area contributed by atoms with Crippen LogP contribution in [0.2, 0.25) is 0 Å². The van der Waals surface area contributed by atoms with E-state index >= 15 is 0 Å². The highest BCUT2D eigenvalue weighted by Crippen LogP contribution is 2.39. The minimum absolute atomic E-state index is 0.271. The van der Waals surface area contributed by atoms with Crippen molar-refractivity contribution in [1.82, 2.24) is 0 Å². The van der Waals surface area contributed by atoms with Crippen LogP contribution in [0.1, 0.15) is 59.8 Å². The van der Waals surface area contributed by atoms with Crippen molar-refractivity contribution in [3.63, 3.8) is 0 Å². The first-order valence-corrected chi connectivity index (χ1v) is 5.80. The van der Waals surface area contributed by atoms with Crippen LogP contribution in [0.25, 0.3) is 0 Å². The molecule has 14 heavy (non-hydrogen) atoms. The normalized spacial score (nSPS) is 14.0. The van der Waals surface area contributed by atoms with Crippen molar-refractivity contribution in [2.24, 2.45) is 11.3 Å². The molecule has 0 aliphatic carbocycles. The second-order valence-electron chi connectivity index (χ2n) is 4.04. The van der Waals surface area contributed by atoms with E-state index in [1.807, 2.05) is 13.8 Å². The zero-order chi connectivity index (χ0) is 11.2. The van der Waals surface area contributed by atoms with Gasteiger partial charge in [-0.3, -0.25) is 0 Å². The monoisotopic (exact) mass is 199 g/mol. The number of hydrogen-bond donors (Lipinski definition) is 0. The number of carbonyl (C=O) groups excluding carboxylic acids is 1. The lowest BCUT2D eigenvalue weighted by Crippen LogP contribution is -2.46. The third-order valence-corrected chi connectivity index (χ3v) is 3.58. The maximum atomic E-state index is 11.2. The summed E-state index contributed by atoms with van der Waals surface area (Å²) >= 11 is 0. The summed E-state index contributed by atoms with van der Waals surface area (Å²) in [6, 6.07) is 0. The van der Waals surface area contributed by atoms with Gasteiger partial charge in [0.05, 0.1) is 0 Å². The SMILES string of the molecule is CCCC(CC)C(CC)(CC)C(=O)[O-]. The van der Waals surface area contributed by atoms with Crippen LogP contribution in [0.5, 0.6) is 0 Å². The minimum Gasteiger partial charge on any atom is -0.550 e. The molecule has 0 heterocycles. The van der Waals surface area contributed by atoms with Crippen molar-refractivity contribution >= 4 is 5.97 Å². The molecule has 1 atom stereocenters. The van der Waals surface area contributed by atoms with Crippen LogP contribution in [-0.4, -0.2) is 5.97 Å². The lowest BCUT2D eigenvalue weighted by Gasteiger charge is -2.40. The topological polar surface area (TPSA) is 40.1 Å². The largest absolute Gasteiger partial charge is 0.550 e. The van der Waals surface area contributed by atoms with Crippen molar-refractivity contribution in [2.75, 3.05) is 0 Å². The zero-order valence-electron chi connectivity index (χ0n) is 9.93. The van der Waals surface area contributed by atoms with Gasteiger partial charge in [-0.1, -0.05) is 40.5 Å². The van der Waals surface area contributed by atoms with E-state index in [1.54, 1.807) is 0 Å². The van der Waals surface area contributed by atoms with Crippen molar-refractivity contribution < 1.29 is 9.90 Å². The number of aliphatic carboxylic acids is 1. The van der Waals surface area contributed by atoms with Crippen LogP contribution in [0.15, 0.2) is 0 Å². The third kappa shape index (κ3) is 2.49. The molecule has 0 aliphatic heterocycles. The van der Waals surface area contributed by atoms with Crippen LogP contribution in [-0.2, 0) is 4.79 Å². The van der Waals surface area contributed by atoms with Crippen molar-refractivity contribution in [3.8, 4) is 0 Å². The molecule has 84 valence electrons. The van der Waals surface area contributed by atoms with Crippen LogP contribution in [0, 0.1) is 11.3 Å². The van der Waals surface area contributed by atoms with Gasteiger partial charge in [0.25, 0.3) is 0 Å². The summed E-state index contributed by atoms with van der Waals surface area (Å²) in [7, 11) is 0. The first-order chi connectivity index (χ1) is 6.58. The fraction of sp³-hybridized carbons (Fsp3) is 0.917. The van der Waals surface area contributed by atoms with Gasteiger partial charge in [0.1, 0.15) is 0 Å². The van der Waals surface area contributed by atoms with Crippen molar-refractivity contribution in [3.05, 3.63) is 0 Å². The van der Waals surface area contributed by atoms with Crippen molar-refractivity contribution in [2.45, 2.75) is 59.8 Å². The lowest BCUT2D eigenvalue weighted by molar-refractivity contribution is -0.323. The summed E-state index contributed by atoms with van der Waals surface area (Å²) < 4.78 is 0. The van der Waals surface area contributed by atoms with E-state index < -0.39 is 11.4 Å². The molecule has 0 saturated heterocycles. The van der Waals surface area contributed by atoms with E-state index in [4.69, 9.17) is 0 Å². The van der Waals surface area contributed by atoms with E-state index in [0.29, 0.717) is 12.8 Å². The van der Waals surface area contributed by atoms with E-state index in [9.17, 15) is 9.90 Å². The third-order valence-electron chi connectivity index (χ3n) is 3.58. The highest BCUT2D eigenvalue weighted by molar-refractivity contribution is 5.72. The molecule has 0 aliphatic rings. The summed E-state index contributed by atoms with van der Waals surface area (Å²) in [6.07, 6.45) is 4.35. The molecule has 2 nitrogen and oxygen atoms in total. The van der Waals surface area contributed by atoms with Crippen LogP contribution < -0.4 is 5.11 Å². The van der Waals surface area contributed by atoms with Gasteiger partial charge in [0, 0.05) is 11.4 Å². The quantitative estimate of drug-likeness (QED) is 0.631. The molecule has 0 N–H and O–H groups in total. The van der Waals surface area contributed by atoms with Crippen molar-refractivity contribution in [1.29, 1.82) is 0 Å². The van der Waals surface area contributed by atoms with Crippen LogP contribution in [0.4, 0.5) is 0 Å². The molecule has 0 aromatic heterocycles. The van der Waals surface area contributed by atoms with Gasteiger partial charge in [-0.05, 0) is 25.2 Å². The van der Waals surface area contributed by atoms with Crippen LogP contribution in [0.3, 0.4) is 0 Å². The molecular formula is C12H23O2-. The van der Waals surface area contributed by atoms with Gasteiger partial charge >= 0.3 is 0 Å². The fourth-order valence-electron chi connectivity index (χ4n) is 2.50. The summed E-state index contributed by atoms with van der Waals surface area (Å²) in [5.41, 5.74) is -0.592. The Balaban J connectivity index is 4.82. The lowest BCUT2D eigenvalue weighted by atomic mass is 9.68. The van der Waals surface area contributed by atoms with Gasteiger partial charge in [0.15, 0.2) is 0 Å². The first-order valence-electron chi connectivity index (χ1n) is 5.80. The molecule has 0 radical (unpaired) electrons. The summed E-state index contributed by atoms with van der Waals surface area (Å²) in [5, 5.41) is 11.2. The Kier molecular flexibility index (Phi) is 5.82. The number of carbonyl (C=O) groups is 1. The van der Waals surface area contributed by atoms with E-state index in [0.717, 1.165) is 19.3 Å². The Morgan fingerprint density at radius 2 is 1.71 bits per heavy atom. The van der Waals surface area contributed by atoms with Crippen LogP contribution >= 0.6 is 0 Å². The van der Waals surface area contributed by atoms with Gasteiger partial charge < -0.3 is 9.90 Å². The molecule has 0 amide bonds. The predicted octanol–water partition coefficient (Wildman–Crippen LogP) is 2.37. The first kappa shape index (κ1) is 13.5. The summed E-state index contributed by atoms with van der Waals surface area (Å²) in [4.78, 5) is 11.2. The van der Waals surface area contributed by atoms with Gasteiger partial charge in [0.2, 0.25) is 0 Å². The molecule has 0 rings (SSSR count). The van der Waals surface area contributed by atoms with E-state index in [2.05, 4.69) is 13.8 Å². The van der Waals surface area contributed by atoms with Gasteiger partial charge in [-0.15, -0.1) is 0 Å². The molecule has 0 bridgehead atoms. The van der Waals surface area contributed by atoms with E-state index in [1.165, 1.54) is 0 Å². The molecule has 0 aromatic carbocycles. The Morgan fingerprint density at radius 3 is 1.93 bits per heavy atom. The maximum Gasteiger partial charge on any atom is 0.0478 e. The van der Waals surface area contributed by atoms with Gasteiger partial charge in [-0.25, -0.2) is 0 Å². The Morgan fingerprint density at radius 1 is 1.21 bits per heavy atom. The summed E-state index contributed by atoms with van der Waals surface area (Å²) in [6.45, 7) is 8.09. The predicted molar refractivity (Wildman–Crippen MR) is 56.7 cm³/mol. The molecule has 2 heteroatoms. The molecular weight excluding hydrogens is 176 g/mol. The smallest absolute Gasteiger partial charge is 0.0478 e. The fourth-order valence-corrected chi connectivity index (χ4v) is 2.50. The molecule has 1 unspecified atom stereocenters. The number of carboxylic acid groups (broad SMARTS) is 1. The average Bonchev–Trinajstić information content (AvgIpc) is 2.18. The number of hydrogen-bond acceptors (Lipinski definition) is 2. The summed E-state index contributed by atoms with van der Waals surface area (Å²) in [5.74, 6) is -0.588. The average molecular weight is 199 g/mol. The second-order valence-corrected chi connectivity index (χ2v) is 4.04. The Hall–Kier alpha value is -0.530. The molecule has 0 spiro atoms. The molecule has 0 saturated carbocycles. The minimum atomic E-state index is -0.859. The second kappa shape index (κ2) is 6.05. The van der Waals surface area contributed by atoms with E-state index in [-0.39, 0.29) is 5.92 Å². The highest BCUT2D eigenvalue weighted by Gasteiger charge is 2.35. The molecule has 0 fully saturated rings. The maximum absolute atomic E-state index is 11.2. The van der Waals surface area contributed by atoms with Gasteiger partial charge in [-0.2, -0.15) is 0 Å². The highest BCUT2D eigenvalue weighted by atomic mass is 16.4. The molecule has 0 aromatic rings. The zero-order valence-corrected chi connectivity index (χ0v) is 9.93. The number of rotatable bonds is 7.